The molecule has 0 aromatic carbocycles. The first-order valence-corrected chi connectivity index (χ1v) is 36.4. The Kier molecular flexibility index (Phi) is 68.6. The Morgan fingerprint density at radius 2 is 0.434 bits per heavy atom. The lowest BCUT2D eigenvalue weighted by Crippen LogP contribution is -2.30. The molecule has 83 heavy (non-hydrogen) atoms. The van der Waals surface area contributed by atoms with Gasteiger partial charge in [-0.1, -0.05) is 338 Å². The summed E-state index contributed by atoms with van der Waals surface area (Å²) in [6.45, 7) is 6.62. The second kappa shape index (κ2) is 71.3. The topological polar surface area (TPSA) is 78.9 Å². The van der Waals surface area contributed by atoms with E-state index in [4.69, 9.17) is 14.2 Å². The van der Waals surface area contributed by atoms with Crippen LogP contribution in [0.3, 0.4) is 0 Å². The Hall–Kier alpha value is -3.15. The third-order valence-electron chi connectivity index (χ3n) is 16.2. The van der Waals surface area contributed by atoms with Gasteiger partial charge in [-0.15, -0.1) is 0 Å². The fourth-order valence-electron chi connectivity index (χ4n) is 10.7. The SMILES string of the molecule is CCCCCCC/C=C\C/C=C\C/C=C\CCCCCCCCCCCCCCCCCCC(=O)OCC(COC(=O)CCCCCCCCC)OC(=O)CCCCCCCCCCCCCC/C=C\C/C=C\C/C=C\CCCCCCC. The molecular formula is C77H138O6. The maximum Gasteiger partial charge on any atom is 0.306 e. The van der Waals surface area contributed by atoms with Crippen molar-refractivity contribution in [2.24, 2.45) is 0 Å². The van der Waals surface area contributed by atoms with Crippen LogP contribution >= 0.6 is 0 Å². The molecule has 0 rings (SSSR count). The molecule has 0 bridgehead atoms. The van der Waals surface area contributed by atoms with Gasteiger partial charge in [0.05, 0.1) is 0 Å². The first-order chi connectivity index (χ1) is 41.0. The van der Waals surface area contributed by atoms with Crippen molar-refractivity contribution in [3.8, 4) is 0 Å². The molecule has 0 aliphatic rings. The summed E-state index contributed by atoms with van der Waals surface area (Å²) in [6, 6.07) is 0. The van der Waals surface area contributed by atoms with Crippen molar-refractivity contribution in [3.63, 3.8) is 0 Å². The Bertz CT molecular complexity index is 1520. The average Bonchev–Trinajstić information content (AvgIpc) is 3.50. The first kappa shape index (κ1) is 79.8. The summed E-state index contributed by atoms with van der Waals surface area (Å²) in [5.41, 5.74) is 0. The second-order valence-electron chi connectivity index (χ2n) is 24.5. The number of hydrogen-bond donors (Lipinski definition) is 0. The van der Waals surface area contributed by atoms with Crippen LogP contribution < -0.4 is 0 Å². The van der Waals surface area contributed by atoms with Crippen LogP contribution in [0.4, 0.5) is 0 Å². The number of hydrogen-bond acceptors (Lipinski definition) is 6. The smallest absolute Gasteiger partial charge is 0.306 e. The molecule has 0 N–H and O–H groups in total. The van der Waals surface area contributed by atoms with Gasteiger partial charge in [0.2, 0.25) is 0 Å². The van der Waals surface area contributed by atoms with Crippen molar-refractivity contribution < 1.29 is 28.6 Å². The summed E-state index contributed by atoms with van der Waals surface area (Å²) in [7, 11) is 0. The van der Waals surface area contributed by atoms with Crippen molar-refractivity contribution in [1.29, 1.82) is 0 Å². The minimum atomic E-state index is -0.773. The monoisotopic (exact) mass is 1160 g/mol. The maximum atomic E-state index is 12.9. The number of unbranched alkanes of at least 4 members (excludes halogenated alkanes) is 44. The van der Waals surface area contributed by atoms with E-state index in [0.717, 1.165) is 83.5 Å². The molecule has 0 aromatic rings. The van der Waals surface area contributed by atoms with E-state index in [-0.39, 0.29) is 31.1 Å². The molecule has 1 atom stereocenters. The lowest BCUT2D eigenvalue weighted by molar-refractivity contribution is -0.167. The van der Waals surface area contributed by atoms with Crippen LogP contribution in [0.25, 0.3) is 0 Å². The van der Waals surface area contributed by atoms with E-state index < -0.39 is 6.10 Å². The Morgan fingerprint density at radius 1 is 0.241 bits per heavy atom. The third kappa shape index (κ3) is 69.5. The summed E-state index contributed by atoms with van der Waals surface area (Å²) in [5.74, 6) is -0.861. The number of esters is 3. The van der Waals surface area contributed by atoms with Crippen LogP contribution in [0, 0.1) is 0 Å². The molecular weight excluding hydrogens is 1020 g/mol. The van der Waals surface area contributed by atoms with Crippen molar-refractivity contribution in [2.45, 2.75) is 386 Å². The molecule has 0 saturated carbocycles. The van der Waals surface area contributed by atoms with Gasteiger partial charge in [0, 0.05) is 19.3 Å². The summed E-state index contributed by atoms with van der Waals surface area (Å²) < 4.78 is 16.9. The van der Waals surface area contributed by atoms with Gasteiger partial charge in [-0.05, 0) is 96.3 Å². The lowest BCUT2D eigenvalue weighted by Gasteiger charge is -2.18. The highest BCUT2D eigenvalue weighted by Gasteiger charge is 2.19. The second-order valence-corrected chi connectivity index (χ2v) is 24.5. The summed E-state index contributed by atoms with van der Waals surface area (Å²) >= 11 is 0. The zero-order valence-electron chi connectivity index (χ0n) is 55.5. The van der Waals surface area contributed by atoms with Crippen LogP contribution in [0.15, 0.2) is 72.9 Å². The van der Waals surface area contributed by atoms with Gasteiger partial charge in [-0.25, -0.2) is 0 Å². The number of carbonyl (C=O) groups excluding carboxylic acids is 3. The summed E-state index contributed by atoms with van der Waals surface area (Å²) in [5, 5.41) is 0. The van der Waals surface area contributed by atoms with Gasteiger partial charge in [-0.3, -0.25) is 14.4 Å². The minimum absolute atomic E-state index is 0.0720. The van der Waals surface area contributed by atoms with E-state index >= 15 is 0 Å². The van der Waals surface area contributed by atoms with Crippen molar-refractivity contribution in [1.82, 2.24) is 0 Å². The molecule has 0 saturated heterocycles. The van der Waals surface area contributed by atoms with Gasteiger partial charge in [0.25, 0.3) is 0 Å². The molecule has 0 aliphatic heterocycles. The van der Waals surface area contributed by atoms with Crippen LogP contribution in [0.5, 0.6) is 0 Å². The van der Waals surface area contributed by atoms with E-state index in [2.05, 4.69) is 93.7 Å². The molecule has 482 valence electrons. The van der Waals surface area contributed by atoms with Gasteiger partial charge in [0.15, 0.2) is 6.10 Å². The van der Waals surface area contributed by atoms with E-state index in [1.54, 1.807) is 0 Å². The molecule has 1 unspecified atom stereocenters. The minimum Gasteiger partial charge on any atom is -0.462 e. The number of ether oxygens (including phenoxy) is 3. The molecule has 0 amide bonds. The molecule has 0 spiro atoms. The van der Waals surface area contributed by atoms with Crippen molar-refractivity contribution in [3.05, 3.63) is 72.9 Å². The normalized spacial score (nSPS) is 12.5. The molecule has 6 heteroatoms. The zero-order valence-corrected chi connectivity index (χ0v) is 55.5. The Balaban J connectivity index is 4.04. The van der Waals surface area contributed by atoms with Crippen LogP contribution in [-0.2, 0) is 28.6 Å². The summed E-state index contributed by atoms with van der Waals surface area (Å²) in [4.78, 5) is 38.2. The van der Waals surface area contributed by atoms with Crippen LogP contribution in [0.2, 0.25) is 0 Å². The maximum absolute atomic E-state index is 12.9. The number of carbonyl (C=O) groups is 3. The van der Waals surface area contributed by atoms with E-state index in [1.165, 1.54) is 257 Å². The number of rotatable bonds is 67. The fraction of sp³-hybridized carbons (Fsp3) is 0.805. The first-order valence-electron chi connectivity index (χ1n) is 36.4. The predicted octanol–water partition coefficient (Wildman–Crippen LogP) is 25.2. The number of allylic oxidation sites excluding steroid dienone is 12. The van der Waals surface area contributed by atoms with Crippen molar-refractivity contribution >= 4 is 17.9 Å². The largest absolute Gasteiger partial charge is 0.462 e. The Labute approximate surface area is 516 Å². The Morgan fingerprint density at radius 3 is 0.675 bits per heavy atom. The summed E-state index contributed by atoms with van der Waals surface area (Å²) in [6.07, 6.45) is 94.0. The van der Waals surface area contributed by atoms with E-state index in [1.807, 2.05) is 0 Å². The highest BCUT2D eigenvalue weighted by molar-refractivity contribution is 5.71. The quantitative estimate of drug-likeness (QED) is 0.0261. The third-order valence-corrected chi connectivity index (χ3v) is 16.2. The van der Waals surface area contributed by atoms with Crippen LogP contribution in [0.1, 0.15) is 380 Å². The highest BCUT2D eigenvalue weighted by atomic mass is 16.6. The molecule has 0 radical (unpaired) electrons. The van der Waals surface area contributed by atoms with Gasteiger partial charge >= 0.3 is 17.9 Å². The van der Waals surface area contributed by atoms with Crippen molar-refractivity contribution in [2.75, 3.05) is 13.2 Å². The molecule has 0 fully saturated rings. The molecule has 6 nitrogen and oxygen atoms in total. The van der Waals surface area contributed by atoms with E-state index in [0.29, 0.717) is 19.3 Å². The fourth-order valence-corrected chi connectivity index (χ4v) is 10.7. The average molecular weight is 1160 g/mol. The molecule has 0 heterocycles. The van der Waals surface area contributed by atoms with Crippen LogP contribution in [-0.4, -0.2) is 37.2 Å². The lowest BCUT2D eigenvalue weighted by atomic mass is 10.0. The van der Waals surface area contributed by atoms with E-state index in [9.17, 15) is 14.4 Å². The predicted molar refractivity (Wildman–Crippen MR) is 362 cm³/mol. The van der Waals surface area contributed by atoms with Gasteiger partial charge < -0.3 is 14.2 Å². The standard InChI is InChI=1S/C77H138O6/c1-4-7-10-13-16-18-20-22-24-26-28-30-32-34-36-37-38-39-41-42-44-46-48-50-52-54-56-58-61-64-67-70-76(79)82-73-74(72-81-75(78)69-66-63-60-15-12-9-6-3)83-77(80)71-68-65-62-59-57-55-53-51-49-47-45-43-40-35-33-31-29-27-25-23-21-19-17-14-11-8-5-2/h20-23,26-29,32-35,74H,4-19,24-25,30-31,36-73H2,1-3H3/b22-20-,23-21-,28-26-,29-27-,34-32-,35-33-. The molecule has 0 aromatic heterocycles. The zero-order chi connectivity index (χ0) is 59.9. The highest BCUT2D eigenvalue weighted by Crippen LogP contribution is 2.18. The molecule has 0 aliphatic carbocycles. The van der Waals surface area contributed by atoms with Gasteiger partial charge in [0.1, 0.15) is 13.2 Å². The van der Waals surface area contributed by atoms with Gasteiger partial charge in [-0.2, -0.15) is 0 Å².